The second-order valence-electron chi connectivity index (χ2n) is 13.6. The van der Waals surface area contributed by atoms with Crippen molar-refractivity contribution >= 4 is 37.7 Å². The standard InChI is InChI=1S/C22H19FN2O.C14H15BrN2O.C8H5F/c1-15-5-10-21-24-20-14-17(7-6-16-3-2-4-18(23)13-16)8-9-19(20)22(26)25(21)12-11-15;1-9-2-5-13-16-12-8-10(15)3-4-11(12)14(18)17(13)7-6-9;1-2-7-4-3-5-8(9)6-7/h2-4,8-9,13-15H,5,10-12H2,1H3;3-4,8-9H,2,5-7H2,1H3;1,3-6H. The smallest absolute Gasteiger partial charge is 0.261 e. The van der Waals surface area contributed by atoms with Crippen LogP contribution in [-0.2, 0) is 25.9 Å². The first-order valence-electron chi connectivity index (χ1n) is 17.8. The van der Waals surface area contributed by atoms with Crippen LogP contribution in [0, 0.1) is 47.7 Å². The second kappa shape index (κ2) is 17.0. The molecule has 0 N–H and O–H groups in total. The Labute approximate surface area is 316 Å². The van der Waals surface area contributed by atoms with Crippen molar-refractivity contribution in [3.8, 4) is 24.2 Å². The SMILES string of the molecule is C#Cc1cccc(F)c1.CC1CCc2nc3cc(Br)ccc3c(=O)n2CC1.CC1CCc2nc3cc(C#Cc4cccc(F)c4)ccc3c(=O)n2CC1. The highest BCUT2D eigenvalue weighted by atomic mass is 79.9. The molecule has 8 rings (SSSR count). The van der Waals surface area contributed by atoms with Crippen molar-refractivity contribution in [2.24, 2.45) is 11.8 Å². The Kier molecular flexibility index (Phi) is 12.0. The molecule has 9 heteroatoms. The van der Waals surface area contributed by atoms with E-state index < -0.39 is 0 Å². The lowest BCUT2D eigenvalue weighted by Crippen LogP contribution is -2.24. The summed E-state index contributed by atoms with van der Waals surface area (Å²) in [5.74, 6) is 10.8. The van der Waals surface area contributed by atoms with E-state index in [0.717, 1.165) is 84.2 Å². The number of aryl methyl sites for hydroxylation is 2. The number of terminal acetylenes is 1. The fraction of sp³-hybridized carbons (Fsp3) is 0.273. The number of aromatic nitrogens is 4. The highest BCUT2D eigenvalue weighted by molar-refractivity contribution is 9.10. The molecule has 0 fully saturated rings. The summed E-state index contributed by atoms with van der Waals surface area (Å²) in [4.78, 5) is 34.7. The molecule has 53 heavy (non-hydrogen) atoms. The normalized spacial score (nSPS) is 16.2. The lowest BCUT2D eigenvalue weighted by molar-refractivity contribution is 0.484. The molecule has 0 amide bonds. The number of benzene rings is 4. The number of halogens is 3. The van der Waals surface area contributed by atoms with Crippen LogP contribution in [0.15, 0.2) is 99.0 Å². The Morgan fingerprint density at radius 1 is 0.660 bits per heavy atom. The average Bonchev–Trinajstić information content (AvgIpc) is 3.46. The van der Waals surface area contributed by atoms with Gasteiger partial charge in [-0.2, -0.15) is 0 Å². The molecule has 4 aromatic carbocycles. The molecule has 0 aliphatic carbocycles. The third-order valence-corrected chi connectivity index (χ3v) is 10.1. The van der Waals surface area contributed by atoms with E-state index in [0.29, 0.717) is 33.9 Å². The molecule has 2 unspecified atom stereocenters. The first kappa shape index (κ1) is 37.4. The van der Waals surface area contributed by atoms with Crippen molar-refractivity contribution in [1.29, 1.82) is 0 Å². The fourth-order valence-electron chi connectivity index (χ4n) is 6.46. The lowest BCUT2D eigenvalue weighted by atomic mass is 10.0. The van der Waals surface area contributed by atoms with Crippen LogP contribution in [0.5, 0.6) is 0 Å². The van der Waals surface area contributed by atoms with Crippen LogP contribution in [0.2, 0.25) is 0 Å². The zero-order valence-corrected chi connectivity index (χ0v) is 31.3. The number of rotatable bonds is 0. The summed E-state index contributed by atoms with van der Waals surface area (Å²) in [5.41, 5.74) is 3.59. The van der Waals surface area contributed by atoms with E-state index in [1.807, 2.05) is 39.5 Å². The van der Waals surface area contributed by atoms with Crippen LogP contribution in [0.3, 0.4) is 0 Å². The molecule has 0 bridgehead atoms. The minimum absolute atomic E-state index is 0.0312. The van der Waals surface area contributed by atoms with Crippen LogP contribution in [0.1, 0.15) is 67.9 Å². The summed E-state index contributed by atoms with van der Waals surface area (Å²) in [6.07, 6.45) is 11.0. The summed E-state index contributed by atoms with van der Waals surface area (Å²) in [5, 5.41) is 1.34. The number of hydrogen-bond donors (Lipinski definition) is 0. The van der Waals surface area contributed by atoms with Crippen LogP contribution in [-0.4, -0.2) is 19.1 Å². The third-order valence-electron chi connectivity index (χ3n) is 9.61. The van der Waals surface area contributed by atoms with E-state index in [1.165, 1.54) is 24.3 Å². The Hall–Kier alpha value is -5.38. The van der Waals surface area contributed by atoms with Gasteiger partial charge in [0.05, 0.1) is 21.8 Å². The predicted octanol–water partition coefficient (Wildman–Crippen LogP) is 8.85. The van der Waals surface area contributed by atoms with Gasteiger partial charge in [-0.25, -0.2) is 18.7 Å². The zero-order chi connectivity index (χ0) is 37.5. The number of hydrogen-bond acceptors (Lipinski definition) is 4. The van der Waals surface area contributed by atoms with E-state index in [2.05, 4.69) is 52.5 Å². The van der Waals surface area contributed by atoms with Gasteiger partial charge in [0.15, 0.2) is 0 Å². The van der Waals surface area contributed by atoms with Crippen molar-refractivity contribution < 1.29 is 8.78 Å². The van der Waals surface area contributed by atoms with Crippen molar-refractivity contribution in [2.45, 2.75) is 65.5 Å². The lowest BCUT2D eigenvalue weighted by Gasteiger charge is -2.10. The van der Waals surface area contributed by atoms with Crippen molar-refractivity contribution in [3.05, 3.63) is 150 Å². The zero-order valence-electron chi connectivity index (χ0n) is 29.7. The molecule has 6 aromatic rings. The van der Waals surface area contributed by atoms with Gasteiger partial charge in [0, 0.05) is 47.1 Å². The van der Waals surface area contributed by atoms with Crippen molar-refractivity contribution in [1.82, 2.24) is 19.1 Å². The molecule has 0 saturated heterocycles. The Balaban J connectivity index is 0.000000153. The van der Waals surface area contributed by atoms with Gasteiger partial charge >= 0.3 is 0 Å². The topological polar surface area (TPSA) is 69.8 Å². The monoisotopic (exact) mass is 772 g/mol. The molecule has 268 valence electrons. The third kappa shape index (κ3) is 9.35. The van der Waals surface area contributed by atoms with E-state index in [4.69, 9.17) is 11.4 Å². The molecule has 2 aliphatic heterocycles. The maximum atomic E-state index is 13.3. The summed E-state index contributed by atoms with van der Waals surface area (Å²) in [7, 11) is 0. The minimum atomic E-state index is -0.304. The average molecular weight is 774 g/mol. The van der Waals surface area contributed by atoms with Gasteiger partial charge in [0.2, 0.25) is 0 Å². The molecule has 0 saturated carbocycles. The number of fused-ring (bicyclic) bond motifs is 4. The van der Waals surface area contributed by atoms with E-state index >= 15 is 0 Å². The summed E-state index contributed by atoms with van der Waals surface area (Å²) in [6.45, 7) is 6.00. The maximum absolute atomic E-state index is 13.3. The molecule has 6 nitrogen and oxygen atoms in total. The van der Waals surface area contributed by atoms with Gasteiger partial charge in [0.25, 0.3) is 11.1 Å². The molecular weight excluding hydrogens is 734 g/mol. The van der Waals surface area contributed by atoms with Gasteiger partial charge < -0.3 is 0 Å². The van der Waals surface area contributed by atoms with Gasteiger partial charge in [0.1, 0.15) is 23.3 Å². The largest absolute Gasteiger partial charge is 0.296 e. The molecule has 2 aliphatic rings. The molecule has 4 heterocycles. The summed E-state index contributed by atoms with van der Waals surface area (Å²) >= 11 is 3.43. The predicted molar refractivity (Wildman–Crippen MR) is 211 cm³/mol. The number of nitrogens with zero attached hydrogens (tertiary/aromatic N) is 4. The quantitative estimate of drug-likeness (QED) is 0.145. The Bertz CT molecular complexity index is 2530. The second-order valence-corrected chi connectivity index (χ2v) is 14.6. The first-order chi connectivity index (χ1) is 25.6. The fourth-order valence-corrected chi connectivity index (χ4v) is 6.80. The molecular formula is C44H39BrF2N4O2. The molecule has 0 radical (unpaired) electrons. The highest BCUT2D eigenvalue weighted by Crippen LogP contribution is 2.22. The van der Waals surface area contributed by atoms with E-state index in [1.54, 1.807) is 30.3 Å². The van der Waals surface area contributed by atoms with Crippen LogP contribution < -0.4 is 11.1 Å². The first-order valence-corrected chi connectivity index (χ1v) is 18.6. The maximum Gasteiger partial charge on any atom is 0.261 e. The van der Waals surface area contributed by atoms with E-state index in [-0.39, 0.29) is 22.8 Å². The van der Waals surface area contributed by atoms with Crippen LogP contribution in [0.25, 0.3) is 21.8 Å². The van der Waals surface area contributed by atoms with Crippen LogP contribution >= 0.6 is 15.9 Å². The molecule has 2 aromatic heterocycles. The highest BCUT2D eigenvalue weighted by Gasteiger charge is 2.18. The van der Waals surface area contributed by atoms with Gasteiger partial charge in [-0.1, -0.05) is 59.7 Å². The van der Waals surface area contributed by atoms with Gasteiger partial charge in [-0.05, 0) is 110 Å². The van der Waals surface area contributed by atoms with Gasteiger partial charge in [-0.3, -0.25) is 18.7 Å². The molecule has 2 atom stereocenters. The van der Waals surface area contributed by atoms with Crippen LogP contribution in [0.4, 0.5) is 8.78 Å². The Morgan fingerprint density at radius 3 is 1.68 bits per heavy atom. The Morgan fingerprint density at radius 2 is 1.15 bits per heavy atom. The summed E-state index contributed by atoms with van der Waals surface area (Å²) < 4.78 is 30.2. The summed E-state index contributed by atoms with van der Waals surface area (Å²) in [6, 6.07) is 23.3. The molecule has 0 spiro atoms. The van der Waals surface area contributed by atoms with Crippen molar-refractivity contribution in [2.75, 3.05) is 0 Å². The minimum Gasteiger partial charge on any atom is -0.296 e. The van der Waals surface area contributed by atoms with Gasteiger partial charge in [-0.15, -0.1) is 6.42 Å². The van der Waals surface area contributed by atoms with E-state index in [9.17, 15) is 18.4 Å². The van der Waals surface area contributed by atoms with Crippen molar-refractivity contribution in [3.63, 3.8) is 0 Å².